The van der Waals surface area contributed by atoms with Gasteiger partial charge in [0.1, 0.15) is 0 Å². The molecular formula is C18H19N3O4. The number of benzene rings is 2. The average Bonchev–Trinajstić information content (AvgIpc) is 2.62. The third-order valence-electron chi connectivity index (χ3n) is 3.65. The normalized spacial score (nSPS) is 10.1. The zero-order valence-corrected chi connectivity index (χ0v) is 13.8. The Morgan fingerprint density at radius 2 is 1.76 bits per heavy atom. The van der Waals surface area contributed by atoms with Crippen LogP contribution in [0.4, 0.5) is 11.4 Å². The van der Waals surface area contributed by atoms with Crippen molar-refractivity contribution in [2.24, 2.45) is 0 Å². The lowest BCUT2D eigenvalue weighted by atomic mass is 10.1. The van der Waals surface area contributed by atoms with Crippen molar-refractivity contribution in [3.05, 3.63) is 69.8 Å². The summed E-state index contributed by atoms with van der Waals surface area (Å²) in [5.74, 6) is -0.568. The van der Waals surface area contributed by atoms with Crippen LogP contribution in [0.2, 0.25) is 0 Å². The van der Waals surface area contributed by atoms with E-state index in [9.17, 15) is 19.7 Å². The smallest absolute Gasteiger partial charge is 0.269 e. The molecule has 0 atom stereocenters. The fourth-order valence-electron chi connectivity index (χ4n) is 2.29. The van der Waals surface area contributed by atoms with Gasteiger partial charge in [0.25, 0.3) is 11.6 Å². The van der Waals surface area contributed by atoms with E-state index in [1.807, 2.05) is 31.2 Å². The molecule has 2 amide bonds. The summed E-state index contributed by atoms with van der Waals surface area (Å²) in [4.78, 5) is 34.0. The molecule has 0 bridgehead atoms. The monoisotopic (exact) mass is 341 g/mol. The minimum Gasteiger partial charge on any atom is -0.352 e. The molecule has 0 aliphatic carbocycles. The number of non-ortho nitro benzene ring substituents is 1. The third kappa shape index (κ3) is 5.13. The topological polar surface area (TPSA) is 101 Å². The highest BCUT2D eigenvalue weighted by Gasteiger charge is 2.10. The number of hydrogen-bond acceptors (Lipinski definition) is 4. The number of nitro benzene ring substituents is 1. The van der Waals surface area contributed by atoms with Gasteiger partial charge in [-0.15, -0.1) is 0 Å². The molecule has 2 aromatic carbocycles. The molecule has 0 spiro atoms. The van der Waals surface area contributed by atoms with E-state index in [2.05, 4.69) is 10.6 Å². The van der Waals surface area contributed by atoms with E-state index in [0.29, 0.717) is 5.56 Å². The molecule has 0 aliphatic heterocycles. The molecule has 2 aromatic rings. The van der Waals surface area contributed by atoms with Crippen LogP contribution in [0.1, 0.15) is 29.3 Å². The number of nitro groups is 1. The fourth-order valence-corrected chi connectivity index (χ4v) is 2.29. The second-order valence-corrected chi connectivity index (χ2v) is 5.37. The maximum atomic E-state index is 12.0. The Labute approximate surface area is 145 Å². The fraction of sp³-hybridized carbons (Fsp3) is 0.222. The first-order valence-corrected chi connectivity index (χ1v) is 7.91. The van der Waals surface area contributed by atoms with Gasteiger partial charge in [0.2, 0.25) is 5.91 Å². The molecule has 0 unspecified atom stereocenters. The van der Waals surface area contributed by atoms with Crippen molar-refractivity contribution in [1.82, 2.24) is 5.32 Å². The Hall–Kier alpha value is -3.22. The van der Waals surface area contributed by atoms with E-state index in [-0.39, 0.29) is 30.5 Å². The Kier molecular flexibility index (Phi) is 6.22. The van der Waals surface area contributed by atoms with E-state index in [1.165, 1.54) is 24.3 Å². The highest BCUT2D eigenvalue weighted by molar-refractivity contribution is 5.95. The number of carbonyl (C=O) groups excluding carboxylic acids is 2. The molecule has 7 heteroatoms. The van der Waals surface area contributed by atoms with E-state index in [0.717, 1.165) is 17.7 Å². The zero-order chi connectivity index (χ0) is 18.2. The highest BCUT2D eigenvalue weighted by atomic mass is 16.6. The van der Waals surface area contributed by atoms with E-state index >= 15 is 0 Å². The van der Waals surface area contributed by atoms with Gasteiger partial charge in [0, 0.05) is 36.3 Å². The number of nitrogens with zero attached hydrogens (tertiary/aromatic N) is 1. The number of anilines is 1. The second-order valence-electron chi connectivity index (χ2n) is 5.37. The predicted molar refractivity (Wildman–Crippen MR) is 94.5 cm³/mol. The quantitative estimate of drug-likeness (QED) is 0.597. The van der Waals surface area contributed by atoms with E-state index in [4.69, 9.17) is 0 Å². The van der Waals surface area contributed by atoms with Gasteiger partial charge in [-0.1, -0.05) is 25.1 Å². The summed E-state index contributed by atoms with van der Waals surface area (Å²) >= 11 is 0. The van der Waals surface area contributed by atoms with Crippen LogP contribution in [0.25, 0.3) is 0 Å². The standard InChI is InChI=1S/C18H19N3O4/c1-2-13-5-3-4-6-16(13)20-17(22)11-12-19-18(23)14-7-9-15(10-8-14)21(24)25/h3-10H,2,11-12H2,1H3,(H,19,23)(H,20,22). The maximum Gasteiger partial charge on any atom is 0.269 e. The molecule has 25 heavy (non-hydrogen) atoms. The van der Waals surface area contributed by atoms with Crippen molar-refractivity contribution in [1.29, 1.82) is 0 Å². The first-order chi connectivity index (χ1) is 12.0. The SMILES string of the molecule is CCc1ccccc1NC(=O)CCNC(=O)c1ccc([N+](=O)[O-])cc1. The summed E-state index contributed by atoms with van der Waals surface area (Å²) in [6, 6.07) is 12.9. The summed E-state index contributed by atoms with van der Waals surface area (Å²) in [5, 5.41) is 16.0. The number of aryl methyl sites for hydroxylation is 1. The minimum absolute atomic E-state index is 0.0782. The lowest BCUT2D eigenvalue weighted by molar-refractivity contribution is -0.384. The maximum absolute atomic E-state index is 12.0. The van der Waals surface area contributed by atoms with Crippen LogP contribution in [0, 0.1) is 10.1 Å². The summed E-state index contributed by atoms with van der Waals surface area (Å²) in [6.45, 7) is 2.19. The molecule has 7 nitrogen and oxygen atoms in total. The van der Waals surface area contributed by atoms with E-state index in [1.54, 1.807) is 0 Å². The lowest BCUT2D eigenvalue weighted by Gasteiger charge is -2.10. The molecule has 0 saturated carbocycles. The molecule has 0 saturated heterocycles. The summed E-state index contributed by atoms with van der Waals surface area (Å²) in [5.41, 5.74) is 2.05. The Bertz CT molecular complexity index is 772. The van der Waals surface area contributed by atoms with Gasteiger partial charge >= 0.3 is 0 Å². The summed E-state index contributed by atoms with van der Waals surface area (Å²) < 4.78 is 0. The van der Waals surface area contributed by atoms with Gasteiger partial charge in [0.15, 0.2) is 0 Å². The van der Waals surface area contributed by atoms with Crippen molar-refractivity contribution < 1.29 is 14.5 Å². The van der Waals surface area contributed by atoms with Crippen LogP contribution < -0.4 is 10.6 Å². The number of nitrogens with one attached hydrogen (secondary N) is 2. The molecule has 0 radical (unpaired) electrons. The molecule has 0 heterocycles. The third-order valence-corrected chi connectivity index (χ3v) is 3.65. The van der Waals surface area contributed by atoms with Gasteiger partial charge in [-0.3, -0.25) is 19.7 Å². The number of para-hydroxylation sites is 1. The van der Waals surface area contributed by atoms with Crippen molar-refractivity contribution >= 4 is 23.2 Å². The molecule has 0 fully saturated rings. The van der Waals surface area contributed by atoms with Crippen molar-refractivity contribution in [2.75, 3.05) is 11.9 Å². The molecule has 2 N–H and O–H groups in total. The van der Waals surface area contributed by atoms with Gasteiger partial charge in [-0.25, -0.2) is 0 Å². The number of amides is 2. The first-order valence-electron chi connectivity index (χ1n) is 7.91. The van der Waals surface area contributed by atoms with Gasteiger partial charge in [-0.2, -0.15) is 0 Å². The summed E-state index contributed by atoms with van der Waals surface area (Å²) in [6.07, 6.45) is 0.949. The average molecular weight is 341 g/mol. The molecular weight excluding hydrogens is 322 g/mol. The van der Waals surface area contributed by atoms with Crippen LogP contribution in [0.5, 0.6) is 0 Å². The lowest BCUT2D eigenvalue weighted by Crippen LogP contribution is -2.27. The van der Waals surface area contributed by atoms with Crippen LogP contribution in [0.15, 0.2) is 48.5 Å². The minimum atomic E-state index is -0.528. The molecule has 130 valence electrons. The number of carbonyl (C=O) groups is 2. The van der Waals surface area contributed by atoms with Crippen LogP contribution in [-0.2, 0) is 11.2 Å². The summed E-state index contributed by atoms with van der Waals surface area (Å²) in [7, 11) is 0. The van der Waals surface area contributed by atoms with E-state index < -0.39 is 4.92 Å². The van der Waals surface area contributed by atoms with Crippen LogP contribution >= 0.6 is 0 Å². The van der Waals surface area contributed by atoms with Gasteiger partial charge in [-0.05, 0) is 30.2 Å². The van der Waals surface area contributed by atoms with Gasteiger partial charge < -0.3 is 10.6 Å². The Balaban J connectivity index is 1.82. The highest BCUT2D eigenvalue weighted by Crippen LogP contribution is 2.15. The Morgan fingerprint density at radius 3 is 2.40 bits per heavy atom. The number of hydrogen-bond donors (Lipinski definition) is 2. The van der Waals surface area contributed by atoms with Gasteiger partial charge in [0.05, 0.1) is 4.92 Å². The van der Waals surface area contributed by atoms with Crippen LogP contribution in [-0.4, -0.2) is 23.3 Å². The zero-order valence-electron chi connectivity index (χ0n) is 13.8. The first kappa shape index (κ1) is 18.1. The van der Waals surface area contributed by atoms with Crippen molar-refractivity contribution in [3.63, 3.8) is 0 Å². The molecule has 2 rings (SSSR count). The number of rotatable bonds is 7. The van der Waals surface area contributed by atoms with Crippen LogP contribution in [0.3, 0.4) is 0 Å². The van der Waals surface area contributed by atoms with Crippen molar-refractivity contribution in [3.8, 4) is 0 Å². The largest absolute Gasteiger partial charge is 0.352 e. The molecule has 0 aromatic heterocycles. The predicted octanol–water partition coefficient (Wildman–Crippen LogP) is 2.92. The second kappa shape index (κ2) is 8.58. The Morgan fingerprint density at radius 1 is 1.08 bits per heavy atom. The molecule has 0 aliphatic rings. The van der Waals surface area contributed by atoms with Crippen molar-refractivity contribution in [2.45, 2.75) is 19.8 Å².